The van der Waals surface area contributed by atoms with E-state index in [1.807, 2.05) is 0 Å². The zero-order valence-electron chi connectivity index (χ0n) is 12.4. The Bertz CT molecular complexity index is 583. The second-order valence-electron chi connectivity index (χ2n) is 5.71. The zero-order valence-corrected chi connectivity index (χ0v) is 13.2. The zero-order chi connectivity index (χ0) is 15.5. The van der Waals surface area contributed by atoms with E-state index in [9.17, 15) is 12.8 Å². The number of rotatable bonds is 5. The molecule has 0 aromatic heterocycles. The van der Waals surface area contributed by atoms with Crippen molar-refractivity contribution in [1.29, 1.82) is 0 Å². The lowest BCUT2D eigenvalue weighted by molar-refractivity contribution is 0.300. The van der Waals surface area contributed by atoms with Crippen LogP contribution in [0, 0.1) is 11.7 Å². The van der Waals surface area contributed by atoms with Gasteiger partial charge in [-0.15, -0.1) is 0 Å². The van der Waals surface area contributed by atoms with Crippen LogP contribution in [0.4, 0.5) is 4.39 Å². The highest BCUT2D eigenvalue weighted by Gasteiger charge is 2.27. The standard InChI is InChI=1S/C15H23FN2O2S/c1-18(11-12-6-3-2-4-7-12)21(19,20)15-9-5-8-14(16)13(15)10-17/h5,8-9,12H,2-4,6-7,10-11,17H2,1H3. The van der Waals surface area contributed by atoms with Gasteiger partial charge in [0.25, 0.3) is 0 Å². The van der Waals surface area contributed by atoms with E-state index in [0.29, 0.717) is 12.5 Å². The number of halogens is 1. The van der Waals surface area contributed by atoms with Crippen molar-refractivity contribution in [2.24, 2.45) is 11.7 Å². The first-order valence-corrected chi connectivity index (χ1v) is 8.84. The molecule has 0 bridgehead atoms. The molecule has 2 rings (SSSR count). The Morgan fingerprint density at radius 3 is 2.57 bits per heavy atom. The summed E-state index contributed by atoms with van der Waals surface area (Å²) in [5, 5.41) is 0. The molecule has 0 atom stereocenters. The predicted octanol–water partition coefficient (Wildman–Crippen LogP) is 2.49. The number of sulfonamides is 1. The molecule has 0 unspecified atom stereocenters. The van der Waals surface area contributed by atoms with Crippen molar-refractivity contribution >= 4 is 10.0 Å². The van der Waals surface area contributed by atoms with Gasteiger partial charge in [0.2, 0.25) is 10.0 Å². The fourth-order valence-corrected chi connectivity index (χ4v) is 4.46. The molecule has 0 saturated heterocycles. The van der Waals surface area contributed by atoms with Gasteiger partial charge in [-0.05, 0) is 30.9 Å². The molecule has 0 heterocycles. The van der Waals surface area contributed by atoms with Gasteiger partial charge in [0, 0.05) is 25.7 Å². The number of hydrogen-bond donors (Lipinski definition) is 1. The molecule has 118 valence electrons. The first kappa shape index (κ1) is 16.4. The summed E-state index contributed by atoms with van der Waals surface area (Å²) in [7, 11) is -2.13. The van der Waals surface area contributed by atoms with Crippen molar-refractivity contribution in [2.45, 2.75) is 43.5 Å². The monoisotopic (exact) mass is 314 g/mol. The van der Waals surface area contributed by atoms with Crippen LogP contribution in [0.3, 0.4) is 0 Å². The predicted molar refractivity (Wildman–Crippen MR) is 80.7 cm³/mol. The molecule has 1 saturated carbocycles. The van der Waals surface area contributed by atoms with Crippen LogP contribution in [0.15, 0.2) is 23.1 Å². The number of nitrogens with zero attached hydrogens (tertiary/aromatic N) is 1. The number of nitrogens with two attached hydrogens (primary N) is 1. The van der Waals surface area contributed by atoms with Gasteiger partial charge in [-0.1, -0.05) is 25.3 Å². The van der Waals surface area contributed by atoms with Crippen LogP contribution in [0.2, 0.25) is 0 Å². The normalized spacial score (nSPS) is 17.3. The van der Waals surface area contributed by atoms with E-state index in [1.54, 1.807) is 7.05 Å². The van der Waals surface area contributed by atoms with Gasteiger partial charge in [-0.25, -0.2) is 17.1 Å². The maximum absolute atomic E-state index is 13.7. The maximum atomic E-state index is 13.7. The first-order chi connectivity index (χ1) is 9.96. The summed E-state index contributed by atoms with van der Waals surface area (Å²) < 4.78 is 40.4. The summed E-state index contributed by atoms with van der Waals surface area (Å²) in [5.41, 5.74) is 5.57. The van der Waals surface area contributed by atoms with E-state index in [1.165, 1.54) is 28.9 Å². The summed E-state index contributed by atoms with van der Waals surface area (Å²) >= 11 is 0. The lowest BCUT2D eigenvalue weighted by Gasteiger charge is -2.27. The molecule has 1 aromatic carbocycles. The SMILES string of the molecule is CN(CC1CCCCC1)S(=O)(=O)c1cccc(F)c1CN. The van der Waals surface area contributed by atoms with Gasteiger partial charge in [0.15, 0.2) is 0 Å². The summed E-state index contributed by atoms with van der Waals surface area (Å²) in [4.78, 5) is -0.0108. The third-order valence-corrected chi connectivity index (χ3v) is 6.12. The van der Waals surface area contributed by atoms with Crippen LogP contribution in [0.5, 0.6) is 0 Å². The molecule has 1 aliphatic rings. The first-order valence-electron chi connectivity index (χ1n) is 7.40. The summed E-state index contributed by atoms with van der Waals surface area (Å²) in [6, 6.07) is 4.08. The van der Waals surface area contributed by atoms with Crippen molar-refractivity contribution < 1.29 is 12.8 Å². The van der Waals surface area contributed by atoms with Crippen LogP contribution >= 0.6 is 0 Å². The van der Waals surface area contributed by atoms with Gasteiger partial charge in [-0.3, -0.25) is 0 Å². The molecule has 0 amide bonds. The van der Waals surface area contributed by atoms with Gasteiger partial charge >= 0.3 is 0 Å². The Kier molecular flexibility index (Phi) is 5.35. The largest absolute Gasteiger partial charge is 0.326 e. The van der Waals surface area contributed by atoms with Gasteiger partial charge in [-0.2, -0.15) is 0 Å². The molecular weight excluding hydrogens is 291 g/mol. The minimum atomic E-state index is -3.69. The van der Waals surface area contributed by atoms with E-state index >= 15 is 0 Å². The van der Waals surface area contributed by atoms with Crippen molar-refractivity contribution in [2.75, 3.05) is 13.6 Å². The molecule has 4 nitrogen and oxygen atoms in total. The van der Waals surface area contributed by atoms with Crippen LogP contribution in [-0.2, 0) is 16.6 Å². The van der Waals surface area contributed by atoms with E-state index in [0.717, 1.165) is 25.7 Å². The lowest BCUT2D eigenvalue weighted by Crippen LogP contribution is -2.33. The third kappa shape index (κ3) is 3.62. The molecular formula is C15H23FN2O2S. The maximum Gasteiger partial charge on any atom is 0.243 e. The third-order valence-electron chi connectivity index (χ3n) is 4.21. The molecule has 21 heavy (non-hydrogen) atoms. The topological polar surface area (TPSA) is 63.4 Å². The van der Waals surface area contributed by atoms with Crippen molar-refractivity contribution in [3.05, 3.63) is 29.6 Å². The van der Waals surface area contributed by atoms with Crippen LogP contribution in [0.1, 0.15) is 37.7 Å². The Morgan fingerprint density at radius 2 is 1.95 bits per heavy atom. The second-order valence-corrected chi connectivity index (χ2v) is 7.72. The second kappa shape index (κ2) is 6.85. The number of hydrogen-bond acceptors (Lipinski definition) is 3. The van der Waals surface area contributed by atoms with E-state index in [4.69, 9.17) is 5.73 Å². The summed E-state index contributed by atoms with van der Waals surface area (Å²) in [6.07, 6.45) is 5.67. The summed E-state index contributed by atoms with van der Waals surface area (Å²) in [5.74, 6) is -0.168. The molecule has 1 aromatic rings. The molecule has 6 heteroatoms. The van der Waals surface area contributed by atoms with Crippen molar-refractivity contribution in [3.63, 3.8) is 0 Å². The van der Waals surface area contributed by atoms with Crippen LogP contribution in [0.25, 0.3) is 0 Å². The quantitative estimate of drug-likeness (QED) is 0.908. The van der Waals surface area contributed by atoms with E-state index in [-0.39, 0.29) is 17.0 Å². The Morgan fingerprint density at radius 1 is 1.29 bits per heavy atom. The summed E-state index contributed by atoms with van der Waals surface area (Å²) in [6.45, 7) is 0.362. The van der Waals surface area contributed by atoms with E-state index < -0.39 is 15.8 Å². The highest BCUT2D eigenvalue weighted by molar-refractivity contribution is 7.89. The van der Waals surface area contributed by atoms with Crippen molar-refractivity contribution in [3.8, 4) is 0 Å². The minimum absolute atomic E-state index is 0.0108. The van der Waals surface area contributed by atoms with Gasteiger partial charge < -0.3 is 5.73 Å². The average molecular weight is 314 g/mol. The van der Waals surface area contributed by atoms with Crippen LogP contribution in [-0.4, -0.2) is 26.3 Å². The van der Waals surface area contributed by atoms with E-state index in [2.05, 4.69) is 0 Å². The molecule has 0 spiro atoms. The average Bonchev–Trinajstić information content (AvgIpc) is 2.48. The molecule has 0 aliphatic heterocycles. The number of benzene rings is 1. The highest BCUT2D eigenvalue weighted by Crippen LogP contribution is 2.27. The fraction of sp³-hybridized carbons (Fsp3) is 0.600. The Labute approximate surface area is 126 Å². The Hall–Kier alpha value is -0.980. The van der Waals surface area contributed by atoms with Crippen molar-refractivity contribution in [1.82, 2.24) is 4.31 Å². The lowest BCUT2D eigenvalue weighted by atomic mass is 9.89. The van der Waals surface area contributed by atoms with Gasteiger partial charge in [0.05, 0.1) is 4.90 Å². The molecule has 1 aliphatic carbocycles. The minimum Gasteiger partial charge on any atom is -0.326 e. The highest BCUT2D eigenvalue weighted by atomic mass is 32.2. The molecule has 0 radical (unpaired) electrons. The fourth-order valence-electron chi connectivity index (χ4n) is 2.98. The van der Waals surface area contributed by atoms with Gasteiger partial charge in [0.1, 0.15) is 5.82 Å². The molecule has 1 fully saturated rings. The van der Waals surface area contributed by atoms with Crippen LogP contribution < -0.4 is 5.73 Å². The Balaban J connectivity index is 2.22. The smallest absolute Gasteiger partial charge is 0.243 e. The molecule has 2 N–H and O–H groups in total.